The number of unbranched alkanes of at least 4 members (excludes halogenated alkanes) is 1. The molecule has 1 N–H and O–H groups in total. The molecule has 0 bridgehead atoms. The lowest BCUT2D eigenvalue weighted by Gasteiger charge is -2.17. The van der Waals surface area contributed by atoms with E-state index in [1.165, 1.54) is 17.0 Å². The van der Waals surface area contributed by atoms with Crippen molar-refractivity contribution >= 4 is 41.1 Å². The zero-order valence-corrected chi connectivity index (χ0v) is 21.6. The van der Waals surface area contributed by atoms with Crippen LogP contribution in [-0.2, 0) is 28.6 Å². The molecule has 0 aromatic heterocycles. The van der Waals surface area contributed by atoms with Crippen LogP contribution in [0.4, 0.5) is 11.4 Å². The summed E-state index contributed by atoms with van der Waals surface area (Å²) in [4.78, 5) is 62.6. The first-order valence-electron chi connectivity index (χ1n) is 12.6. The van der Waals surface area contributed by atoms with Crippen molar-refractivity contribution in [3.05, 3.63) is 59.7 Å². The number of hydrogen-bond donors (Lipinski definition) is 1. The van der Waals surface area contributed by atoms with Crippen LogP contribution < -0.4 is 10.2 Å². The molecule has 1 aliphatic rings. The summed E-state index contributed by atoms with van der Waals surface area (Å²) < 4.78 is 15.4. The number of rotatable bonds is 12. The second-order valence-electron chi connectivity index (χ2n) is 8.81. The number of nitrogens with one attached hydrogen (secondary N) is 1. The van der Waals surface area contributed by atoms with Gasteiger partial charge in [-0.25, -0.2) is 9.59 Å². The zero-order valence-electron chi connectivity index (χ0n) is 21.6. The summed E-state index contributed by atoms with van der Waals surface area (Å²) in [6.07, 6.45) is 2.38. The predicted molar refractivity (Wildman–Crippen MR) is 139 cm³/mol. The van der Waals surface area contributed by atoms with E-state index in [1.807, 2.05) is 13.8 Å². The van der Waals surface area contributed by atoms with Gasteiger partial charge >= 0.3 is 17.9 Å². The maximum atomic E-state index is 12.5. The number of ether oxygens (including phenoxy) is 3. The molecule has 0 unspecified atom stereocenters. The summed E-state index contributed by atoms with van der Waals surface area (Å²) in [6.45, 7) is 4.17. The highest BCUT2D eigenvalue weighted by Crippen LogP contribution is 2.26. The van der Waals surface area contributed by atoms with Crippen LogP contribution in [0.25, 0.3) is 0 Å². The van der Waals surface area contributed by atoms with Crippen LogP contribution in [0.1, 0.15) is 60.2 Å². The Morgan fingerprint density at radius 2 is 1.45 bits per heavy atom. The van der Waals surface area contributed by atoms with Crippen LogP contribution in [0.15, 0.2) is 48.5 Å². The van der Waals surface area contributed by atoms with Crippen LogP contribution in [0.5, 0.6) is 0 Å². The summed E-state index contributed by atoms with van der Waals surface area (Å²) in [7, 11) is 0. The van der Waals surface area contributed by atoms with Gasteiger partial charge < -0.3 is 24.4 Å². The molecule has 2 aromatic rings. The van der Waals surface area contributed by atoms with E-state index in [2.05, 4.69) is 5.32 Å². The van der Waals surface area contributed by atoms with E-state index in [0.717, 1.165) is 19.3 Å². The van der Waals surface area contributed by atoms with Gasteiger partial charge in [0.05, 0.1) is 30.3 Å². The maximum Gasteiger partial charge on any atom is 0.338 e. The van der Waals surface area contributed by atoms with Crippen molar-refractivity contribution in [1.82, 2.24) is 0 Å². The molecule has 10 nitrogen and oxygen atoms in total. The van der Waals surface area contributed by atoms with Gasteiger partial charge in [-0.2, -0.15) is 0 Å². The molecule has 10 heteroatoms. The molecule has 2 amide bonds. The molecule has 1 saturated heterocycles. The van der Waals surface area contributed by atoms with Gasteiger partial charge in [-0.3, -0.25) is 14.4 Å². The third kappa shape index (κ3) is 7.89. The molecule has 1 aliphatic heterocycles. The fourth-order valence-electron chi connectivity index (χ4n) is 3.70. The number of hydrogen-bond acceptors (Lipinski definition) is 8. The number of benzene rings is 2. The first kappa shape index (κ1) is 28.4. The van der Waals surface area contributed by atoms with Gasteiger partial charge in [0.1, 0.15) is 0 Å². The summed E-state index contributed by atoms with van der Waals surface area (Å²) in [5.74, 6) is -3.06. The number of esters is 3. The van der Waals surface area contributed by atoms with E-state index in [1.54, 1.807) is 36.4 Å². The average Bonchev–Trinajstić information content (AvgIpc) is 3.32. The lowest BCUT2D eigenvalue weighted by Crippen LogP contribution is -2.28. The van der Waals surface area contributed by atoms with Crippen molar-refractivity contribution in [3.8, 4) is 0 Å². The molecule has 1 atom stereocenters. The molecule has 0 aliphatic carbocycles. The normalized spacial score (nSPS) is 14.6. The van der Waals surface area contributed by atoms with Gasteiger partial charge in [0.2, 0.25) is 5.91 Å². The Morgan fingerprint density at radius 1 is 0.842 bits per heavy atom. The van der Waals surface area contributed by atoms with E-state index in [0.29, 0.717) is 35.7 Å². The number of carbonyl (C=O) groups excluding carboxylic acids is 5. The van der Waals surface area contributed by atoms with E-state index >= 15 is 0 Å². The molecule has 202 valence electrons. The number of nitrogens with zero attached hydrogens (tertiary/aromatic N) is 1. The minimum Gasteiger partial charge on any atom is -0.462 e. The third-order valence-electron chi connectivity index (χ3n) is 5.79. The fourth-order valence-corrected chi connectivity index (χ4v) is 3.70. The number of amides is 2. The minimum absolute atomic E-state index is 0.0448. The van der Waals surface area contributed by atoms with Gasteiger partial charge in [0.25, 0.3) is 5.91 Å². The second-order valence-corrected chi connectivity index (χ2v) is 8.81. The van der Waals surface area contributed by atoms with Crippen LogP contribution in [0, 0.1) is 5.92 Å². The number of carbonyl (C=O) groups is 5. The molecule has 2 aromatic carbocycles. The van der Waals surface area contributed by atoms with E-state index < -0.39 is 36.3 Å². The monoisotopic (exact) mass is 524 g/mol. The third-order valence-corrected chi connectivity index (χ3v) is 5.79. The van der Waals surface area contributed by atoms with Crippen molar-refractivity contribution < 1.29 is 38.2 Å². The van der Waals surface area contributed by atoms with Crippen LogP contribution >= 0.6 is 0 Å². The molecule has 1 fully saturated rings. The fraction of sp³-hybridized carbons (Fsp3) is 0.393. The SMILES string of the molecule is CCCCOC(=O)c1ccc(N2C[C@@H](C(=O)OCC(=O)Nc3ccc(C(=O)OCCC)cc3)CC2=O)cc1. The lowest BCUT2D eigenvalue weighted by atomic mass is 10.1. The first-order valence-corrected chi connectivity index (χ1v) is 12.6. The van der Waals surface area contributed by atoms with E-state index in [-0.39, 0.29) is 18.9 Å². The number of anilines is 2. The van der Waals surface area contributed by atoms with Gasteiger partial charge in [-0.1, -0.05) is 20.3 Å². The predicted octanol–water partition coefficient (Wildman–Crippen LogP) is 3.75. The van der Waals surface area contributed by atoms with Crippen molar-refractivity contribution in [1.29, 1.82) is 0 Å². The Morgan fingerprint density at radius 3 is 2.05 bits per heavy atom. The summed E-state index contributed by atoms with van der Waals surface area (Å²) >= 11 is 0. The van der Waals surface area contributed by atoms with Gasteiger partial charge in [-0.15, -0.1) is 0 Å². The smallest absolute Gasteiger partial charge is 0.338 e. The Labute approximate surface area is 221 Å². The average molecular weight is 525 g/mol. The first-order chi connectivity index (χ1) is 18.3. The molecule has 38 heavy (non-hydrogen) atoms. The minimum atomic E-state index is -0.720. The van der Waals surface area contributed by atoms with Crippen LogP contribution in [0.3, 0.4) is 0 Å². The summed E-state index contributed by atoms with van der Waals surface area (Å²) in [5, 5.41) is 2.59. The van der Waals surface area contributed by atoms with Gasteiger partial charge in [0.15, 0.2) is 6.61 Å². The largest absolute Gasteiger partial charge is 0.462 e. The molecule has 3 rings (SSSR count). The van der Waals surface area contributed by atoms with Gasteiger partial charge in [0, 0.05) is 24.3 Å². The van der Waals surface area contributed by atoms with Crippen LogP contribution in [0.2, 0.25) is 0 Å². The zero-order chi connectivity index (χ0) is 27.5. The van der Waals surface area contributed by atoms with Crippen LogP contribution in [-0.4, -0.2) is 56.1 Å². The standard InChI is InChI=1S/C28H32N2O8/c1-3-5-15-37-27(34)20-8-12-23(13-9-20)30-17-21(16-25(30)32)28(35)38-18-24(31)29-22-10-6-19(7-11-22)26(33)36-14-4-2/h6-13,21H,3-5,14-18H2,1-2H3,(H,29,31)/t21-/m0/s1. The van der Waals surface area contributed by atoms with Gasteiger partial charge in [-0.05, 0) is 61.4 Å². The molecule has 0 spiro atoms. The Balaban J connectivity index is 1.46. The molecule has 1 heterocycles. The Hall–Kier alpha value is -4.21. The summed E-state index contributed by atoms with van der Waals surface area (Å²) in [6, 6.07) is 12.6. The lowest BCUT2D eigenvalue weighted by molar-refractivity contribution is -0.151. The highest BCUT2D eigenvalue weighted by atomic mass is 16.5. The highest BCUT2D eigenvalue weighted by molar-refractivity contribution is 6.00. The quantitative estimate of drug-likeness (QED) is 0.253. The van der Waals surface area contributed by atoms with E-state index in [4.69, 9.17) is 14.2 Å². The second kappa shape index (κ2) is 13.9. The highest BCUT2D eigenvalue weighted by Gasteiger charge is 2.36. The van der Waals surface area contributed by atoms with Crippen molar-refractivity contribution in [2.45, 2.75) is 39.5 Å². The molecular formula is C28H32N2O8. The van der Waals surface area contributed by atoms with Crippen molar-refractivity contribution in [2.24, 2.45) is 5.92 Å². The molecule has 0 saturated carbocycles. The van der Waals surface area contributed by atoms with Crippen molar-refractivity contribution in [2.75, 3.05) is 36.6 Å². The Kier molecular flexibility index (Phi) is 10.4. The molecule has 0 radical (unpaired) electrons. The summed E-state index contributed by atoms with van der Waals surface area (Å²) in [5.41, 5.74) is 1.72. The maximum absolute atomic E-state index is 12.5. The van der Waals surface area contributed by atoms with E-state index in [9.17, 15) is 24.0 Å². The topological polar surface area (TPSA) is 128 Å². The van der Waals surface area contributed by atoms with Crippen molar-refractivity contribution in [3.63, 3.8) is 0 Å². The Bertz CT molecular complexity index is 1140. The molecular weight excluding hydrogens is 492 g/mol.